The molecular weight excluding hydrogens is 354 g/mol. The van der Waals surface area contributed by atoms with Crippen LogP contribution in [0.5, 0.6) is 0 Å². The Kier molecular flexibility index (Phi) is 7.21. The number of aryl methyl sites for hydroxylation is 1. The van der Waals surface area contributed by atoms with E-state index in [1.807, 2.05) is 30.3 Å². The summed E-state index contributed by atoms with van der Waals surface area (Å²) in [6.45, 7) is 1.73. The number of hydrogen-bond donors (Lipinski definition) is 3. The van der Waals surface area contributed by atoms with E-state index in [1.54, 1.807) is 0 Å². The molecule has 2 rings (SSSR count). The van der Waals surface area contributed by atoms with Crippen LogP contribution in [0.3, 0.4) is 0 Å². The fourth-order valence-electron chi connectivity index (χ4n) is 2.37. The summed E-state index contributed by atoms with van der Waals surface area (Å²) in [5, 5.41) is 33.5. The Morgan fingerprint density at radius 2 is 2.04 bits per heavy atom. The Balaban J connectivity index is 1.77. The van der Waals surface area contributed by atoms with Gasteiger partial charge in [-0.05, 0) is 25.0 Å². The van der Waals surface area contributed by atoms with Gasteiger partial charge in [-0.1, -0.05) is 30.3 Å². The first kappa shape index (κ1) is 20.3. The monoisotopic (exact) mass is 375 g/mol. The van der Waals surface area contributed by atoms with E-state index in [0.717, 1.165) is 11.8 Å². The molecule has 1 heterocycles. The van der Waals surface area contributed by atoms with E-state index < -0.39 is 23.2 Å². The smallest absolute Gasteiger partial charge is 0.407 e. The summed E-state index contributed by atoms with van der Waals surface area (Å²) in [4.78, 5) is 25.7. The average molecular weight is 375 g/mol. The molecular formula is C18H21N3O6. The zero-order valence-corrected chi connectivity index (χ0v) is 14.7. The first-order valence-electron chi connectivity index (χ1n) is 8.30. The Morgan fingerprint density at radius 1 is 1.33 bits per heavy atom. The number of rotatable bonds is 8. The molecule has 0 radical (unpaired) electrons. The third-order valence-corrected chi connectivity index (χ3v) is 3.89. The van der Waals surface area contributed by atoms with Crippen molar-refractivity contribution in [2.45, 2.75) is 32.2 Å². The number of carbonyl (C=O) groups excluding carboxylic acids is 1. The number of amides is 1. The average Bonchev–Trinajstić information content (AvgIpc) is 2.66. The maximum Gasteiger partial charge on any atom is 0.407 e. The third kappa shape index (κ3) is 6.01. The van der Waals surface area contributed by atoms with Crippen molar-refractivity contribution in [2.24, 2.45) is 0 Å². The van der Waals surface area contributed by atoms with Crippen LogP contribution in [-0.4, -0.2) is 38.9 Å². The van der Waals surface area contributed by atoms with Gasteiger partial charge in [0, 0.05) is 12.1 Å². The van der Waals surface area contributed by atoms with Gasteiger partial charge in [0.1, 0.15) is 18.9 Å². The van der Waals surface area contributed by atoms with E-state index in [4.69, 9.17) is 4.74 Å². The molecule has 9 nitrogen and oxygen atoms in total. The molecule has 0 fully saturated rings. The van der Waals surface area contributed by atoms with Crippen molar-refractivity contribution < 1.29 is 24.7 Å². The lowest BCUT2D eigenvalue weighted by molar-refractivity contribution is -0.385. The van der Waals surface area contributed by atoms with Crippen molar-refractivity contribution in [3.05, 3.63) is 69.5 Å². The van der Waals surface area contributed by atoms with E-state index >= 15 is 0 Å². The fraction of sp³-hybridized carbons (Fsp3) is 0.333. The number of benzene rings is 1. The van der Waals surface area contributed by atoms with E-state index in [0.29, 0.717) is 5.56 Å². The van der Waals surface area contributed by atoms with Crippen LogP contribution in [-0.2, 0) is 11.3 Å². The van der Waals surface area contributed by atoms with Crippen molar-refractivity contribution in [3.8, 4) is 0 Å². The quantitative estimate of drug-likeness (QED) is 0.474. The summed E-state index contributed by atoms with van der Waals surface area (Å²) in [5.74, 6) is 0. The molecule has 0 aliphatic rings. The summed E-state index contributed by atoms with van der Waals surface area (Å²) in [6, 6.07) is 10.5. The summed E-state index contributed by atoms with van der Waals surface area (Å²) >= 11 is 0. The number of nitrogens with zero attached hydrogens (tertiary/aromatic N) is 2. The molecule has 0 bridgehead atoms. The molecule has 2 atom stereocenters. The number of aromatic nitrogens is 1. The van der Waals surface area contributed by atoms with Gasteiger partial charge < -0.3 is 20.3 Å². The van der Waals surface area contributed by atoms with Crippen LogP contribution in [0.4, 0.5) is 10.5 Å². The minimum absolute atomic E-state index is 0.0549. The normalized spacial score (nSPS) is 12.9. The number of pyridine rings is 1. The third-order valence-electron chi connectivity index (χ3n) is 3.89. The molecule has 9 heteroatoms. The number of aliphatic hydroxyl groups is 2. The minimum Gasteiger partial charge on any atom is -0.445 e. The van der Waals surface area contributed by atoms with Crippen molar-refractivity contribution in [3.63, 3.8) is 0 Å². The van der Waals surface area contributed by atoms with Crippen molar-refractivity contribution in [1.29, 1.82) is 0 Å². The summed E-state index contributed by atoms with van der Waals surface area (Å²) in [7, 11) is 0. The predicted molar refractivity (Wildman–Crippen MR) is 95.8 cm³/mol. The number of nitro groups is 1. The molecule has 1 aromatic carbocycles. The molecule has 2 unspecified atom stereocenters. The number of ether oxygens (including phenoxy) is 1. The van der Waals surface area contributed by atoms with Crippen LogP contribution in [0.15, 0.2) is 42.6 Å². The highest BCUT2D eigenvalue weighted by atomic mass is 16.6. The molecule has 27 heavy (non-hydrogen) atoms. The van der Waals surface area contributed by atoms with Crippen molar-refractivity contribution >= 4 is 11.8 Å². The van der Waals surface area contributed by atoms with Crippen LogP contribution in [0.25, 0.3) is 0 Å². The molecule has 2 aromatic rings. The highest BCUT2D eigenvalue weighted by molar-refractivity contribution is 5.67. The lowest BCUT2D eigenvalue weighted by Gasteiger charge is -2.18. The number of alkyl carbamates (subject to hydrolysis) is 1. The maximum absolute atomic E-state index is 11.6. The Hall–Kier alpha value is -3.04. The van der Waals surface area contributed by atoms with Gasteiger partial charge in [0.05, 0.1) is 16.7 Å². The van der Waals surface area contributed by atoms with E-state index in [1.165, 1.54) is 13.0 Å². The maximum atomic E-state index is 11.6. The van der Waals surface area contributed by atoms with Gasteiger partial charge in [0.25, 0.3) is 5.69 Å². The SMILES string of the molecule is Cc1cc(C(O)C(O)CCNC(=O)OCc2ccccc2)ncc1[N+](=O)[O-]. The van der Waals surface area contributed by atoms with Crippen LogP contribution in [0, 0.1) is 17.0 Å². The molecule has 0 spiro atoms. The van der Waals surface area contributed by atoms with Crippen LogP contribution in [0.2, 0.25) is 0 Å². The highest BCUT2D eigenvalue weighted by Gasteiger charge is 2.22. The lowest BCUT2D eigenvalue weighted by atomic mass is 10.1. The molecule has 0 aliphatic carbocycles. The number of aliphatic hydroxyl groups excluding tert-OH is 2. The Morgan fingerprint density at radius 3 is 2.67 bits per heavy atom. The van der Waals surface area contributed by atoms with E-state index in [9.17, 15) is 25.1 Å². The van der Waals surface area contributed by atoms with Gasteiger partial charge in [0.2, 0.25) is 0 Å². The van der Waals surface area contributed by atoms with Gasteiger partial charge in [-0.3, -0.25) is 15.1 Å². The second kappa shape index (κ2) is 9.60. The standard InChI is InChI=1S/C18H21N3O6/c1-12-9-14(20-10-15(12)21(25)26)17(23)16(22)7-8-19-18(24)27-11-13-5-3-2-4-6-13/h2-6,9-10,16-17,22-23H,7-8,11H2,1H3,(H,19,24). The van der Waals surface area contributed by atoms with Crippen LogP contribution in [0.1, 0.15) is 29.3 Å². The van der Waals surface area contributed by atoms with E-state index in [-0.39, 0.29) is 31.0 Å². The van der Waals surface area contributed by atoms with Gasteiger partial charge in [-0.2, -0.15) is 0 Å². The summed E-state index contributed by atoms with van der Waals surface area (Å²) < 4.78 is 5.04. The zero-order chi connectivity index (χ0) is 19.8. The van der Waals surface area contributed by atoms with Crippen LogP contribution >= 0.6 is 0 Å². The second-order valence-electron chi connectivity index (χ2n) is 5.94. The number of hydrogen-bond acceptors (Lipinski definition) is 7. The largest absolute Gasteiger partial charge is 0.445 e. The number of nitrogens with one attached hydrogen (secondary N) is 1. The topological polar surface area (TPSA) is 135 Å². The van der Waals surface area contributed by atoms with Crippen molar-refractivity contribution in [2.75, 3.05) is 6.54 Å². The van der Waals surface area contributed by atoms with Gasteiger partial charge in [-0.25, -0.2) is 4.79 Å². The first-order valence-corrected chi connectivity index (χ1v) is 8.30. The highest BCUT2D eigenvalue weighted by Crippen LogP contribution is 2.22. The predicted octanol–water partition coefficient (Wildman–Crippen LogP) is 2.01. The van der Waals surface area contributed by atoms with Crippen LogP contribution < -0.4 is 5.32 Å². The zero-order valence-electron chi connectivity index (χ0n) is 14.7. The second-order valence-corrected chi connectivity index (χ2v) is 5.94. The molecule has 1 amide bonds. The fourth-order valence-corrected chi connectivity index (χ4v) is 2.37. The first-order chi connectivity index (χ1) is 12.9. The molecule has 3 N–H and O–H groups in total. The Labute approximate surface area is 155 Å². The molecule has 1 aromatic heterocycles. The minimum atomic E-state index is -1.33. The Bertz CT molecular complexity index is 784. The van der Waals surface area contributed by atoms with Gasteiger partial charge >= 0.3 is 6.09 Å². The summed E-state index contributed by atoms with van der Waals surface area (Å²) in [5.41, 5.74) is 1.14. The van der Waals surface area contributed by atoms with Crippen molar-refractivity contribution in [1.82, 2.24) is 10.3 Å². The number of carbonyl (C=O) groups is 1. The molecule has 0 aliphatic heterocycles. The summed E-state index contributed by atoms with van der Waals surface area (Å²) in [6.07, 6.45) is -2.07. The lowest BCUT2D eigenvalue weighted by Crippen LogP contribution is -2.30. The molecule has 0 saturated carbocycles. The van der Waals surface area contributed by atoms with Gasteiger partial charge in [-0.15, -0.1) is 0 Å². The molecule has 144 valence electrons. The van der Waals surface area contributed by atoms with Gasteiger partial charge in [0.15, 0.2) is 0 Å². The molecule has 0 saturated heterocycles. The van der Waals surface area contributed by atoms with E-state index in [2.05, 4.69) is 10.3 Å².